The molecule has 0 aliphatic carbocycles. The lowest BCUT2D eigenvalue weighted by molar-refractivity contribution is -0.119. The van der Waals surface area contributed by atoms with Gasteiger partial charge in [0.1, 0.15) is 0 Å². The highest BCUT2D eigenvalue weighted by molar-refractivity contribution is 6.00. The van der Waals surface area contributed by atoms with Crippen molar-refractivity contribution in [2.24, 2.45) is 11.7 Å². The zero-order valence-electron chi connectivity index (χ0n) is 10.4. The van der Waals surface area contributed by atoms with Crippen molar-refractivity contribution in [1.29, 1.82) is 0 Å². The molecular weight excluding hydrogens is 228 g/mol. The highest BCUT2D eigenvalue weighted by Crippen LogP contribution is 2.21. The van der Waals surface area contributed by atoms with Crippen LogP contribution in [-0.4, -0.2) is 22.6 Å². The summed E-state index contributed by atoms with van der Waals surface area (Å²) in [5.74, 6) is -0.0164. The lowest BCUT2D eigenvalue weighted by Crippen LogP contribution is -2.21. The Hall–Kier alpha value is -1.88. The normalized spacial score (nSPS) is 12.6. The van der Waals surface area contributed by atoms with Crippen molar-refractivity contribution in [2.75, 3.05) is 11.9 Å². The minimum absolute atomic E-state index is 0.0190. The Labute approximate surface area is 106 Å². The zero-order chi connectivity index (χ0) is 13.0. The average Bonchev–Trinajstić information content (AvgIpc) is 2.85. The Morgan fingerprint density at radius 2 is 2.39 bits per heavy atom. The molecule has 1 atom stereocenters. The van der Waals surface area contributed by atoms with Crippen LogP contribution in [0, 0.1) is 5.92 Å². The number of nitrogens with one attached hydrogen (secondary N) is 2. The third-order valence-corrected chi connectivity index (χ3v) is 3.02. The summed E-state index contributed by atoms with van der Waals surface area (Å²) in [6, 6.07) is 5.72. The lowest BCUT2D eigenvalue weighted by atomic mass is 10.0. The molecule has 96 valence electrons. The summed E-state index contributed by atoms with van der Waals surface area (Å²) in [7, 11) is 0. The third kappa shape index (κ3) is 2.68. The second-order valence-electron chi connectivity index (χ2n) is 4.46. The van der Waals surface area contributed by atoms with Gasteiger partial charge >= 0.3 is 0 Å². The largest absolute Gasteiger partial charge is 0.330 e. The standard InChI is InChI=1S/C13H18N4O/c1-9(4-3-7-14)13(18)16-11-6-2-5-10-8-15-17-12(10)11/h2,5-6,8-9H,3-4,7,14H2,1H3,(H,15,17)(H,16,18). The Morgan fingerprint density at radius 1 is 1.56 bits per heavy atom. The van der Waals surface area contributed by atoms with Crippen LogP contribution in [0.4, 0.5) is 5.69 Å². The van der Waals surface area contributed by atoms with E-state index in [4.69, 9.17) is 5.73 Å². The molecule has 0 radical (unpaired) electrons. The molecule has 4 N–H and O–H groups in total. The van der Waals surface area contributed by atoms with Crippen LogP contribution in [0.2, 0.25) is 0 Å². The molecule has 5 heteroatoms. The highest BCUT2D eigenvalue weighted by Gasteiger charge is 2.13. The van der Waals surface area contributed by atoms with Crippen molar-refractivity contribution in [3.8, 4) is 0 Å². The maximum Gasteiger partial charge on any atom is 0.227 e. The summed E-state index contributed by atoms with van der Waals surface area (Å²) in [6.45, 7) is 2.53. The first kappa shape index (κ1) is 12.6. The number of carbonyl (C=O) groups is 1. The van der Waals surface area contributed by atoms with Gasteiger partial charge in [-0.25, -0.2) is 0 Å². The van der Waals surface area contributed by atoms with E-state index in [2.05, 4.69) is 15.5 Å². The molecule has 2 aromatic rings. The van der Waals surface area contributed by atoms with Gasteiger partial charge in [0.25, 0.3) is 0 Å². The number of nitrogens with zero attached hydrogens (tertiary/aromatic N) is 1. The van der Waals surface area contributed by atoms with Crippen LogP contribution in [-0.2, 0) is 4.79 Å². The highest BCUT2D eigenvalue weighted by atomic mass is 16.1. The summed E-state index contributed by atoms with van der Waals surface area (Å²) in [6.07, 6.45) is 3.41. The van der Waals surface area contributed by atoms with Crippen LogP contribution in [0.1, 0.15) is 19.8 Å². The SMILES string of the molecule is CC(CCCN)C(=O)Nc1cccc2cn[nH]c12. The van der Waals surface area contributed by atoms with Crippen molar-refractivity contribution >= 4 is 22.5 Å². The summed E-state index contributed by atoms with van der Waals surface area (Å²) in [4.78, 5) is 12.0. The number of carbonyl (C=O) groups excluding carboxylic acids is 1. The number of fused-ring (bicyclic) bond motifs is 1. The van der Waals surface area contributed by atoms with Crippen LogP contribution in [0.3, 0.4) is 0 Å². The molecule has 0 spiro atoms. The van der Waals surface area contributed by atoms with Gasteiger partial charge in [-0.2, -0.15) is 5.10 Å². The molecule has 18 heavy (non-hydrogen) atoms. The second-order valence-corrected chi connectivity index (χ2v) is 4.46. The maximum absolute atomic E-state index is 12.0. The van der Waals surface area contributed by atoms with E-state index in [1.54, 1.807) is 6.20 Å². The van der Waals surface area contributed by atoms with Crippen molar-refractivity contribution in [3.63, 3.8) is 0 Å². The number of benzene rings is 1. The Bertz CT molecular complexity index is 535. The number of H-pyrrole nitrogens is 1. The fourth-order valence-electron chi connectivity index (χ4n) is 1.88. The van der Waals surface area contributed by atoms with E-state index < -0.39 is 0 Å². The van der Waals surface area contributed by atoms with E-state index in [9.17, 15) is 4.79 Å². The van der Waals surface area contributed by atoms with Crippen molar-refractivity contribution < 1.29 is 4.79 Å². The fraction of sp³-hybridized carbons (Fsp3) is 0.385. The van der Waals surface area contributed by atoms with E-state index >= 15 is 0 Å². The van der Waals surface area contributed by atoms with Gasteiger partial charge in [-0.05, 0) is 25.5 Å². The smallest absolute Gasteiger partial charge is 0.227 e. The Kier molecular flexibility index (Phi) is 3.94. The number of aromatic nitrogens is 2. The molecule has 0 aliphatic rings. The number of rotatable bonds is 5. The van der Waals surface area contributed by atoms with E-state index in [1.807, 2.05) is 25.1 Å². The van der Waals surface area contributed by atoms with Crippen molar-refractivity contribution in [3.05, 3.63) is 24.4 Å². The predicted molar refractivity (Wildman–Crippen MR) is 72.2 cm³/mol. The molecule has 0 bridgehead atoms. The minimum Gasteiger partial charge on any atom is -0.330 e. The van der Waals surface area contributed by atoms with Gasteiger partial charge in [-0.3, -0.25) is 9.89 Å². The number of amides is 1. The first-order valence-corrected chi connectivity index (χ1v) is 6.15. The molecular formula is C13H18N4O. The van der Waals surface area contributed by atoms with Gasteiger partial charge in [0.15, 0.2) is 0 Å². The van der Waals surface area contributed by atoms with Gasteiger partial charge < -0.3 is 11.1 Å². The third-order valence-electron chi connectivity index (χ3n) is 3.02. The number of anilines is 1. The van der Waals surface area contributed by atoms with E-state index in [1.165, 1.54) is 0 Å². The monoisotopic (exact) mass is 246 g/mol. The van der Waals surface area contributed by atoms with Crippen LogP contribution >= 0.6 is 0 Å². The van der Waals surface area contributed by atoms with Crippen LogP contribution in [0.25, 0.3) is 10.9 Å². The first-order chi connectivity index (χ1) is 8.72. The Morgan fingerprint density at radius 3 is 3.17 bits per heavy atom. The molecule has 1 aromatic heterocycles. The molecule has 5 nitrogen and oxygen atoms in total. The van der Waals surface area contributed by atoms with Crippen LogP contribution in [0.15, 0.2) is 24.4 Å². The molecule has 0 saturated carbocycles. The summed E-state index contributed by atoms with van der Waals surface area (Å²) < 4.78 is 0. The number of hydrogen-bond acceptors (Lipinski definition) is 3. The molecule has 0 fully saturated rings. The second kappa shape index (κ2) is 5.64. The number of para-hydroxylation sites is 1. The van der Waals surface area contributed by atoms with Gasteiger partial charge in [0.05, 0.1) is 17.4 Å². The van der Waals surface area contributed by atoms with E-state index in [0.29, 0.717) is 6.54 Å². The van der Waals surface area contributed by atoms with Crippen LogP contribution in [0.5, 0.6) is 0 Å². The van der Waals surface area contributed by atoms with Gasteiger partial charge in [-0.15, -0.1) is 0 Å². The lowest BCUT2D eigenvalue weighted by Gasteiger charge is -2.12. The average molecular weight is 246 g/mol. The molecule has 2 rings (SSSR count). The van der Waals surface area contributed by atoms with Crippen molar-refractivity contribution in [2.45, 2.75) is 19.8 Å². The van der Waals surface area contributed by atoms with Gasteiger partial charge in [0, 0.05) is 11.3 Å². The molecule has 1 heterocycles. The van der Waals surface area contributed by atoms with Gasteiger partial charge in [0.2, 0.25) is 5.91 Å². The molecule has 1 amide bonds. The maximum atomic E-state index is 12.0. The number of hydrogen-bond donors (Lipinski definition) is 3. The quantitative estimate of drug-likeness (QED) is 0.753. The summed E-state index contributed by atoms with van der Waals surface area (Å²) >= 11 is 0. The Balaban J connectivity index is 2.09. The number of nitrogens with two attached hydrogens (primary N) is 1. The molecule has 0 aliphatic heterocycles. The fourth-order valence-corrected chi connectivity index (χ4v) is 1.88. The van der Waals surface area contributed by atoms with Crippen LogP contribution < -0.4 is 11.1 Å². The van der Waals surface area contributed by atoms with E-state index in [-0.39, 0.29) is 11.8 Å². The predicted octanol–water partition coefficient (Wildman–Crippen LogP) is 1.88. The van der Waals surface area contributed by atoms with Gasteiger partial charge in [-0.1, -0.05) is 19.1 Å². The molecule has 0 saturated heterocycles. The zero-order valence-corrected chi connectivity index (χ0v) is 10.4. The first-order valence-electron chi connectivity index (χ1n) is 6.15. The minimum atomic E-state index is -0.0354. The number of aromatic amines is 1. The summed E-state index contributed by atoms with van der Waals surface area (Å²) in [5, 5.41) is 10.8. The topological polar surface area (TPSA) is 83.8 Å². The van der Waals surface area contributed by atoms with E-state index in [0.717, 1.165) is 29.4 Å². The van der Waals surface area contributed by atoms with Crippen molar-refractivity contribution in [1.82, 2.24) is 10.2 Å². The molecule has 1 aromatic carbocycles. The summed E-state index contributed by atoms with van der Waals surface area (Å²) in [5.41, 5.74) is 7.08. The molecule has 1 unspecified atom stereocenters.